The lowest BCUT2D eigenvalue weighted by molar-refractivity contribution is 0.113. The van der Waals surface area contributed by atoms with Crippen LogP contribution >= 0.6 is 11.3 Å². The fraction of sp³-hybridized carbons (Fsp3) is 0.267. The van der Waals surface area contributed by atoms with Gasteiger partial charge in [0.15, 0.2) is 0 Å². The molecule has 2 aromatic rings. The lowest BCUT2D eigenvalue weighted by Crippen LogP contribution is -2.18. The number of hydrogen-bond donors (Lipinski definition) is 2. The van der Waals surface area contributed by atoms with E-state index in [4.69, 9.17) is 4.74 Å². The molecule has 20 heavy (non-hydrogen) atoms. The van der Waals surface area contributed by atoms with Gasteiger partial charge >= 0.3 is 6.03 Å². The van der Waals surface area contributed by atoms with Gasteiger partial charge in [0.05, 0.1) is 18.2 Å². The number of rotatable bonds is 2. The zero-order chi connectivity index (χ0) is 13.9. The highest BCUT2D eigenvalue weighted by molar-refractivity contribution is 7.16. The number of anilines is 2. The molecule has 5 heteroatoms. The molecule has 0 bridgehead atoms. The van der Waals surface area contributed by atoms with E-state index in [1.165, 1.54) is 16.0 Å². The third-order valence-electron chi connectivity index (χ3n) is 3.19. The summed E-state index contributed by atoms with van der Waals surface area (Å²) in [6.45, 7) is 3.43. The number of nitrogens with one attached hydrogen (secondary N) is 2. The summed E-state index contributed by atoms with van der Waals surface area (Å²) in [4.78, 5) is 13.1. The fourth-order valence-corrected chi connectivity index (χ4v) is 3.16. The van der Waals surface area contributed by atoms with Crippen molar-refractivity contribution in [2.75, 3.05) is 17.2 Å². The number of urea groups is 1. The number of thiophene rings is 1. The van der Waals surface area contributed by atoms with Crippen LogP contribution in [0.1, 0.15) is 16.0 Å². The van der Waals surface area contributed by atoms with Crippen LogP contribution in [0.3, 0.4) is 0 Å². The van der Waals surface area contributed by atoms with Gasteiger partial charge in [0.1, 0.15) is 0 Å². The van der Waals surface area contributed by atoms with Crippen molar-refractivity contribution in [3.63, 3.8) is 0 Å². The average molecular weight is 288 g/mol. The predicted octanol–water partition coefficient (Wildman–Crippen LogP) is 3.77. The number of hydrogen-bond acceptors (Lipinski definition) is 3. The maximum atomic E-state index is 11.9. The van der Waals surface area contributed by atoms with Gasteiger partial charge in [-0.25, -0.2) is 4.79 Å². The van der Waals surface area contributed by atoms with Crippen LogP contribution in [0, 0.1) is 6.92 Å². The summed E-state index contributed by atoms with van der Waals surface area (Å²) >= 11 is 1.58. The number of fused-ring (bicyclic) bond motifs is 1. The van der Waals surface area contributed by atoms with E-state index in [1.807, 2.05) is 37.3 Å². The summed E-state index contributed by atoms with van der Waals surface area (Å²) in [5, 5.41) is 6.56. The molecule has 0 unspecified atom stereocenters. The van der Waals surface area contributed by atoms with Gasteiger partial charge in [-0.15, -0.1) is 11.3 Å². The van der Waals surface area contributed by atoms with Gasteiger partial charge in [0, 0.05) is 10.6 Å². The van der Waals surface area contributed by atoms with E-state index in [-0.39, 0.29) is 6.03 Å². The molecule has 4 nitrogen and oxygen atoms in total. The normalized spacial score (nSPS) is 13.7. The zero-order valence-corrected chi connectivity index (χ0v) is 12.0. The molecule has 0 saturated carbocycles. The molecular weight excluding hydrogens is 272 g/mol. The van der Waals surface area contributed by atoms with Crippen LogP contribution in [-0.2, 0) is 17.8 Å². The third-order valence-corrected chi connectivity index (χ3v) is 4.26. The minimum absolute atomic E-state index is 0.214. The molecule has 3 rings (SSSR count). The number of carbonyl (C=O) groups is 1. The van der Waals surface area contributed by atoms with Crippen LogP contribution in [0.25, 0.3) is 0 Å². The van der Waals surface area contributed by atoms with E-state index in [9.17, 15) is 4.79 Å². The van der Waals surface area contributed by atoms with E-state index in [0.717, 1.165) is 23.7 Å². The minimum atomic E-state index is -0.214. The molecule has 0 aliphatic carbocycles. The number of carbonyl (C=O) groups excluding carboxylic acids is 1. The highest BCUT2D eigenvalue weighted by atomic mass is 32.1. The second-order valence-electron chi connectivity index (χ2n) is 4.81. The molecule has 0 radical (unpaired) electrons. The topological polar surface area (TPSA) is 50.4 Å². The molecule has 0 atom stereocenters. The molecule has 1 aliphatic heterocycles. The van der Waals surface area contributed by atoms with Gasteiger partial charge in [0.2, 0.25) is 0 Å². The highest BCUT2D eigenvalue weighted by Crippen LogP contribution is 2.30. The van der Waals surface area contributed by atoms with Crippen LogP contribution in [0.15, 0.2) is 30.3 Å². The summed E-state index contributed by atoms with van der Waals surface area (Å²) < 4.78 is 5.40. The molecule has 1 aliphatic rings. The van der Waals surface area contributed by atoms with Crippen molar-refractivity contribution in [2.24, 2.45) is 0 Å². The van der Waals surface area contributed by atoms with Crippen LogP contribution < -0.4 is 10.6 Å². The molecule has 1 aromatic heterocycles. The zero-order valence-electron chi connectivity index (χ0n) is 11.2. The van der Waals surface area contributed by atoms with Crippen molar-refractivity contribution in [1.82, 2.24) is 0 Å². The lowest BCUT2D eigenvalue weighted by Gasteiger charge is -2.10. The number of aryl methyl sites for hydroxylation is 1. The van der Waals surface area contributed by atoms with E-state index in [1.54, 1.807) is 11.3 Å². The standard InChI is InChI=1S/C15H16N2O2S/c1-10-2-4-12(5-3-10)16-15(18)17-14-8-11-6-7-19-9-13(11)20-14/h2-5,8H,6-7,9H2,1H3,(H2,16,17,18). The Labute approximate surface area is 121 Å². The van der Waals surface area contributed by atoms with Gasteiger partial charge in [0.25, 0.3) is 0 Å². The van der Waals surface area contributed by atoms with Gasteiger partial charge < -0.3 is 10.1 Å². The van der Waals surface area contributed by atoms with E-state index >= 15 is 0 Å². The van der Waals surface area contributed by atoms with Gasteiger partial charge in [-0.2, -0.15) is 0 Å². The molecule has 0 spiro atoms. The maximum Gasteiger partial charge on any atom is 0.324 e. The Morgan fingerprint density at radius 1 is 1.25 bits per heavy atom. The Morgan fingerprint density at radius 2 is 2.05 bits per heavy atom. The lowest BCUT2D eigenvalue weighted by atomic mass is 10.2. The quantitative estimate of drug-likeness (QED) is 0.883. The van der Waals surface area contributed by atoms with Gasteiger partial charge in [-0.3, -0.25) is 5.32 Å². The maximum absolute atomic E-state index is 11.9. The molecular formula is C15H16N2O2S. The van der Waals surface area contributed by atoms with Crippen molar-refractivity contribution in [3.05, 3.63) is 46.3 Å². The van der Waals surface area contributed by atoms with E-state index in [0.29, 0.717) is 6.61 Å². The minimum Gasteiger partial charge on any atom is -0.376 e. The third kappa shape index (κ3) is 3.00. The van der Waals surface area contributed by atoms with E-state index < -0.39 is 0 Å². The summed E-state index contributed by atoms with van der Waals surface area (Å²) in [6, 6.07) is 9.54. The Morgan fingerprint density at radius 3 is 2.80 bits per heavy atom. The van der Waals surface area contributed by atoms with E-state index in [2.05, 4.69) is 10.6 Å². The largest absolute Gasteiger partial charge is 0.376 e. The molecule has 2 N–H and O–H groups in total. The first-order valence-electron chi connectivity index (χ1n) is 6.55. The fourth-order valence-electron chi connectivity index (χ4n) is 2.12. The summed E-state index contributed by atoms with van der Waals surface area (Å²) in [7, 11) is 0. The number of amides is 2. The molecule has 0 saturated heterocycles. The first kappa shape index (κ1) is 13.1. The molecule has 0 fully saturated rings. The smallest absolute Gasteiger partial charge is 0.324 e. The molecule has 2 amide bonds. The first-order valence-corrected chi connectivity index (χ1v) is 7.36. The SMILES string of the molecule is Cc1ccc(NC(=O)Nc2cc3c(s2)COCC3)cc1. The summed E-state index contributed by atoms with van der Waals surface area (Å²) in [5.41, 5.74) is 3.24. The second-order valence-corrected chi connectivity index (χ2v) is 5.94. The second kappa shape index (κ2) is 5.64. The Bertz CT molecular complexity index is 596. The summed E-state index contributed by atoms with van der Waals surface area (Å²) in [5.74, 6) is 0. The number of ether oxygens (including phenoxy) is 1. The Balaban J connectivity index is 1.63. The number of benzene rings is 1. The monoisotopic (exact) mass is 288 g/mol. The van der Waals surface area contributed by atoms with Crippen molar-refractivity contribution in [1.29, 1.82) is 0 Å². The first-order chi connectivity index (χ1) is 9.70. The van der Waals surface area contributed by atoms with Gasteiger partial charge in [-0.05, 0) is 37.1 Å². The van der Waals surface area contributed by atoms with Crippen LogP contribution in [-0.4, -0.2) is 12.6 Å². The van der Waals surface area contributed by atoms with Crippen molar-refractivity contribution in [3.8, 4) is 0 Å². The Hall–Kier alpha value is -1.85. The van der Waals surface area contributed by atoms with Crippen LogP contribution in [0.4, 0.5) is 15.5 Å². The molecule has 104 valence electrons. The highest BCUT2D eigenvalue weighted by Gasteiger charge is 2.14. The molecule has 2 heterocycles. The van der Waals surface area contributed by atoms with Crippen molar-refractivity contribution >= 4 is 28.1 Å². The van der Waals surface area contributed by atoms with Crippen molar-refractivity contribution in [2.45, 2.75) is 20.0 Å². The van der Waals surface area contributed by atoms with Crippen molar-refractivity contribution < 1.29 is 9.53 Å². The predicted molar refractivity (Wildman–Crippen MR) is 81.5 cm³/mol. The average Bonchev–Trinajstić information content (AvgIpc) is 2.83. The van der Waals surface area contributed by atoms with Gasteiger partial charge in [-0.1, -0.05) is 17.7 Å². The molecule has 1 aromatic carbocycles. The summed E-state index contributed by atoms with van der Waals surface area (Å²) in [6.07, 6.45) is 0.924. The Kier molecular flexibility index (Phi) is 3.71. The van der Waals surface area contributed by atoms with Crippen LogP contribution in [0.5, 0.6) is 0 Å². The van der Waals surface area contributed by atoms with Crippen LogP contribution in [0.2, 0.25) is 0 Å².